The van der Waals surface area contributed by atoms with Gasteiger partial charge in [-0.05, 0) is 44.0 Å². The minimum atomic E-state index is 0.0350. The van der Waals surface area contributed by atoms with E-state index in [1.54, 1.807) is 7.11 Å². The van der Waals surface area contributed by atoms with Crippen molar-refractivity contribution in [3.63, 3.8) is 0 Å². The fraction of sp³-hybridized carbons (Fsp3) is 0.500. The van der Waals surface area contributed by atoms with E-state index in [9.17, 15) is 4.79 Å². The number of carbonyl (C=O) groups excluding carboxylic acids is 1. The molecule has 1 unspecified atom stereocenters. The van der Waals surface area contributed by atoms with Crippen molar-refractivity contribution in [3.8, 4) is 5.75 Å². The Kier molecular flexibility index (Phi) is 6.22. The smallest absolute Gasteiger partial charge is 0.224 e. The Morgan fingerprint density at radius 1 is 1.50 bits per heavy atom. The van der Waals surface area contributed by atoms with Crippen LogP contribution in [0.1, 0.15) is 25.3 Å². The van der Waals surface area contributed by atoms with Gasteiger partial charge in [0.1, 0.15) is 5.75 Å². The number of methoxy groups -OCH3 is 1. The fourth-order valence-electron chi connectivity index (χ4n) is 1.79. The molecule has 0 aromatic heterocycles. The molecule has 0 heterocycles. The molecule has 0 aliphatic heterocycles. The summed E-state index contributed by atoms with van der Waals surface area (Å²) in [4.78, 5) is 11.8. The Labute approximate surface area is 109 Å². The number of benzene rings is 1. The van der Waals surface area contributed by atoms with E-state index < -0.39 is 0 Å². The third kappa shape index (κ3) is 5.19. The molecule has 1 aromatic carbocycles. The van der Waals surface area contributed by atoms with Gasteiger partial charge in [-0.1, -0.05) is 12.1 Å². The van der Waals surface area contributed by atoms with Crippen LogP contribution >= 0.6 is 0 Å². The molecule has 18 heavy (non-hydrogen) atoms. The quantitative estimate of drug-likeness (QED) is 0.770. The highest BCUT2D eigenvalue weighted by Crippen LogP contribution is 2.12. The van der Waals surface area contributed by atoms with E-state index in [4.69, 9.17) is 10.5 Å². The summed E-state index contributed by atoms with van der Waals surface area (Å²) in [6.07, 6.45) is 2.23. The van der Waals surface area contributed by atoms with Crippen LogP contribution in [-0.2, 0) is 11.2 Å². The molecule has 4 heteroatoms. The molecular formula is C14H22N2O2. The van der Waals surface area contributed by atoms with E-state index in [1.165, 1.54) is 0 Å². The summed E-state index contributed by atoms with van der Waals surface area (Å²) in [5.41, 5.74) is 6.39. The molecule has 1 atom stereocenters. The first-order valence-electron chi connectivity index (χ1n) is 6.28. The summed E-state index contributed by atoms with van der Waals surface area (Å²) in [6.45, 7) is 2.66. The third-order valence-electron chi connectivity index (χ3n) is 2.75. The highest BCUT2D eigenvalue weighted by Gasteiger charge is 2.08. The van der Waals surface area contributed by atoms with Gasteiger partial charge in [-0.15, -0.1) is 0 Å². The van der Waals surface area contributed by atoms with Crippen LogP contribution in [-0.4, -0.2) is 25.6 Å². The Bertz CT molecular complexity index is 380. The molecule has 0 bridgehead atoms. The number of rotatable bonds is 7. The van der Waals surface area contributed by atoms with Crippen molar-refractivity contribution in [3.05, 3.63) is 29.8 Å². The van der Waals surface area contributed by atoms with Crippen LogP contribution in [0.4, 0.5) is 0 Å². The van der Waals surface area contributed by atoms with Gasteiger partial charge in [0.25, 0.3) is 0 Å². The van der Waals surface area contributed by atoms with E-state index in [-0.39, 0.29) is 11.9 Å². The van der Waals surface area contributed by atoms with Gasteiger partial charge < -0.3 is 15.8 Å². The second-order valence-electron chi connectivity index (χ2n) is 4.43. The number of amides is 1. The topological polar surface area (TPSA) is 64.3 Å². The molecule has 1 rings (SSSR count). The average molecular weight is 250 g/mol. The van der Waals surface area contributed by atoms with Crippen LogP contribution in [0.25, 0.3) is 0 Å². The van der Waals surface area contributed by atoms with Crippen molar-refractivity contribution in [1.82, 2.24) is 5.32 Å². The monoisotopic (exact) mass is 250 g/mol. The number of ether oxygens (including phenoxy) is 1. The van der Waals surface area contributed by atoms with Gasteiger partial charge in [0.2, 0.25) is 5.91 Å². The van der Waals surface area contributed by atoms with Crippen molar-refractivity contribution in [1.29, 1.82) is 0 Å². The first-order valence-corrected chi connectivity index (χ1v) is 6.28. The first kappa shape index (κ1) is 14.5. The standard InChI is InChI=1S/C14H22N2O2/c1-11(5-4-8-15)16-14(17)10-12-6-3-7-13(9-12)18-2/h3,6-7,9,11H,4-5,8,10,15H2,1-2H3,(H,16,17). The highest BCUT2D eigenvalue weighted by molar-refractivity contribution is 5.78. The maximum Gasteiger partial charge on any atom is 0.224 e. The first-order chi connectivity index (χ1) is 8.65. The summed E-state index contributed by atoms with van der Waals surface area (Å²) in [6, 6.07) is 7.73. The molecular weight excluding hydrogens is 228 g/mol. The number of nitrogens with one attached hydrogen (secondary N) is 1. The van der Waals surface area contributed by atoms with E-state index >= 15 is 0 Å². The maximum atomic E-state index is 11.8. The molecule has 0 saturated heterocycles. The zero-order chi connectivity index (χ0) is 13.4. The molecule has 0 spiro atoms. The van der Waals surface area contributed by atoms with Gasteiger partial charge in [0, 0.05) is 6.04 Å². The SMILES string of the molecule is COc1cccc(CC(=O)NC(C)CCCN)c1. The molecule has 100 valence electrons. The second-order valence-corrected chi connectivity index (χ2v) is 4.43. The normalized spacial score (nSPS) is 11.9. The van der Waals surface area contributed by atoms with Gasteiger partial charge in [-0.3, -0.25) is 4.79 Å². The molecule has 0 aliphatic rings. The lowest BCUT2D eigenvalue weighted by molar-refractivity contribution is -0.121. The zero-order valence-electron chi connectivity index (χ0n) is 11.1. The van der Waals surface area contributed by atoms with Crippen LogP contribution in [0.3, 0.4) is 0 Å². The lowest BCUT2D eigenvalue weighted by Crippen LogP contribution is -2.34. The summed E-state index contributed by atoms with van der Waals surface area (Å²) >= 11 is 0. The molecule has 0 aliphatic carbocycles. The molecule has 0 saturated carbocycles. The van der Waals surface area contributed by atoms with Crippen molar-refractivity contribution >= 4 is 5.91 Å². The molecule has 1 aromatic rings. The van der Waals surface area contributed by atoms with Crippen molar-refractivity contribution in [2.75, 3.05) is 13.7 Å². The van der Waals surface area contributed by atoms with Crippen molar-refractivity contribution in [2.24, 2.45) is 5.73 Å². The molecule has 4 nitrogen and oxygen atoms in total. The lowest BCUT2D eigenvalue weighted by atomic mass is 10.1. The number of hydrogen-bond donors (Lipinski definition) is 2. The predicted molar refractivity (Wildman–Crippen MR) is 72.6 cm³/mol. The number of hydrogen-bond acceptors (Lipinski definition) is 3. The average Bonchev–Trinajstić information content (AvgIpc) is 2.36. The summed E-state index contributed by atoms with van der Waals surface area (Å²) < 4.78 is 5.13. The van der Waals surface area contributed by atoms with Crippen LogP contribution in [0.2, 0.25) is 0 Å². The molecule has 0 radical (unpaired) electrons. The predicted octanol–water partition coefficient (Wildman–Crippen LogP) is 1.48. The van der Waals surface area contributed by atoms with Gasteiger partial charge in [-0.2, -0.15) is 0 Å². The van der Waals surface area contributed by atoms with Crippen molar-refractivity contribution in [2.45, 2.75) is 32.2 Å². The zero-order valence-corrected chi connectivity index (χ0v) is 11.1. The van der Waals surface area contributed by atoms with Gasteiger partial charge in [0.15, 0.2) is 0 Å². The minimum Gasteiger partial charge on any atom is -0.497 e. The largest absolute Gasteiger partial charge is 0.497 e. The van der Waals surface area contributed by atoms with Gasteiger partial charge >= 0.3 is 0 Å². The van der Waals surface area contributed by atoms with Crippen molar-refractivity contribution < 1.29 is 9.53 Å². The van der Waals surface area contributed by atoms with Crippen LogP contribution in [0, 0.1) is 0 Å². The van der Waals surface area contributed by atoms with Crippen LogP contribution in [0.5, 0.6) is 5.75 Å². The Hall–Kier alpha value is -1.55. The number of carbonyl (C=O) groups is 1. The molecule has 3 N–H and O–H groups in total. The van der Waals surface area contributed by atoms with Crippen LogP contribution < -0.4 is 15.8 Å². The molecule has 0 fully saturated rings. The summed E-state index contributed by atoms with van der Waals surface area (Å²) in [7, 11) is 1.62. The molecule has 1 amide bonds. The van der Waals surface area contributed by atoms with E-state index in [0.717, 1.165) is 24.2 Å². The highest BCUT2D eigenvalue weighted by atomic mass is 16.5. The van der Waals surface area contributed by atoms with E-state index in [1.807, 2.05) is 31.2 Å². The summed E-state index contributed by atoms with van der Waals surface area (Å²) in [5.74, 6) is 0.809. The van der Waals surface area contributed by atoms with E-state index in [2.05, 4.69) is 5.32 Å². The minimum absolute atomic E-state index is 0.0350. The maximum absolute atomic E-state index is 11.8. The van der Waals surface area contributed by atoms with Gasteiger partial charge in [0.05, 0.1) is 13.5 Å². The van der Waals surface area contributed by atoms with Gasteiger partial charge in [-0.25, -0.2) is 0 Å². The fourth-order valence-corrected chi connectivity index (χ4v) is 1.79. The Balaban J connectivity index is 2.43. The number of nitrogens with two attached hydrogens (primary N) is 1. The van der Waals surface area contributed by atoms with E-state index in [0.29, 0.717) is 13.0 Å². The third-order valence-corrected chi connectivity index (χ3v) is 2.75. The Morgan fingerprint density at radius 2 is 2.28 bits per heavy atom. The Morgan fingerprint density at radius 3 is 2.94 bits per heavy atom. The van der Waals surface area contributed by atoms with Crippen LogP contribution in [0.15, 0.2) is 24.3 Å². The second kappa shape index (κ2) is 7.71. The summed E-state index contributed by atoms with van der Waals surface area (Å²) in [5, 5.41) is 2.97. The lowest BCUT2D eigenvalue weighted by Gasteiger charge is -2.13.